The molecule has 0 bridgehead atoms. The summed E-state index contributed by atoms with van der Waals surface area (Å²) in [6.07, 6.45) is 1.80. The fraction of sp³-hybridized carbons (Fsp3) is 0.667. The van der Waals surface area contributed by atoms with Gasteiger partial charge >= 0.3 is 0 Å². The first kappa shape index (κ1) is 13.0. The van der Waals surface area contributed by atoms with Crippen molar-refractivity contribution in [1.29, 1.82) is 0 Å². The van der Waals surface area contributed by atoms with Crippen LogP contribution in [0, 0.1) is 0 Å². The Balaban J connectivity index is 1.88. The molecule has 1 aliphatic heterocycles. The van der Waals surface area contributed by atoms with Gasteiger partial charge in [-0.2, -0.15) is 0 Å². The molecule has 0 amide bonds. The van der Waals surface area contributed by atoms with Gasteiger partial charge in [0.1, 0.15) is 18.0 Å². The van der Waals surface area contributed by atoms with E-state index in [1.807, 2.05) is 13.1 Å². The predicted molar refractivity (Wildman–Crippen MR) is 72.1 cm³/mol. The summed E-state index contributed by atoms with van der Waals surface area (Å²) in [4.78, 5) is 10.5. The summed E-state index contributed by atoms with van der Waals surface area (Å²) in [6, 6.07) is 1.96. The van der Waals surface area contributed by atoms with Crippen LogP contribution < -0.4 is 15.5 Å². The SMILES string of the molecule is CCN(C)c1cc(NCC2CNCCO2)ncn1. The van der Waals surface area contributed by atoms with E-state index in [4.69, 9.17) is 4.74 Å². The lowest BCUT2D eigenvalue weighted by Crippen LogP contribution is -2.42. The minimum atomic E-state index is 0.209. The molecule has 1 aromatic heterocycles. The highest BCUT2D eigenvalue weighted by Gasteiger charge is 2.13. The number of anilines is 2. The summed E-state index contributed by atoms with van der Waals surface area (Å²) in [7, 11) is 2.01. The van der Waals surface area contributed by atoms with Crippen LogP contribution in [0.15, 0.2) is 12.4 Å². The van der Waals surface area contributed by atoms with Gasteiger partial charge in [-0.15, -0.1) is 0 Å². The number of rotatable bonds is 5. The number of aromatic nitrogens is 2. The van der Waals surface area contributed by atoms with Gasteiger partial charge in [-0.1, -0.05) is 0 Å². The lowest BCUT2D eigenvalue weighted by Gasteiger charge is -2.24. The van der Waals surface area contributed by atoms with Crippen molar-refractivity contribution >= 4 is 11.6 Å². The first-order chi connectivity index (χ1) is 8.79. The molecule has 1 aromatic rings. The van der Waals surface area contributed by atoms with E-state index in [2.05, 4.69) is 32.4 Å². The topological polar surface area (TPSA) is 62.3 Å². The Morgan fingerprint density at radius 2 is 2.44 bits per heavy atom. The van der Waals surface area contributed by atoms with E-state index in [0.29, 0.717) is 0 Å². The van der Waals surface area contributed by atoms with E-state index in [-0.39, 0.29) is 6.10 Å². The maximum Gasteiger partial charge on any atom is 0.133 e. The molecule has 0 spiro atoms. The molecule has 1 saturated heterocycles. The van der Waals surface area contributed by atoms with Crippen molar-refractivity contribution in [2.45, 2.75) is 13.0 Å². The number of ether oxygens (including phenoxy) is 1. The predicted octanol–water partition coefficient (Wildman–Crippen LogP) is 0.333. The quantitative estimate of drug-likeness (QED) is 0.786. The molecular formula is C12H21N5O. The Morgan fingerprint density at radius 3 is 3.17 bits per heavy atom. The van der Waals surface area contributed by atoms with Crippen molar-refractivity contribution in [2.24, 2.45) is 0 Å². The van der Waals surface area contributed by atoms with Crippen LogP contribution >= 0.6 is 0 Å². The van der Waals surface area contributed by atoms with E-state index in [0.717, 1.165) is 44.4 Å². The van der Waals surface area contributed by atoms with Crippen LogP contribution in [0.4, 0.5) is 11.6 Å². The number of morpholine rings is 1. The first-order valence-electron chi connectivity index (χ1n) is 6.39. The summed E-state index contributed by atoms with van der Waals surface area (Å²) in [5, 5.41) is 6.59. The monoisotopic (exact) mass is 251 g/mol. The number of nitrogens with zero attached hydrogens (tertiary/aromatic N) is 3. The minimum Gasteiger partial charge on any atom is -0.374 e. The highest BCUT2D eigenvalue weighted by atomic mass is 16.5. The third-order valence-electron chi connectivity index (χ3n) is 3.03. The highest BCUT2D eigenvalue weighted by molar-refractivity contribution is 5.47. The average molecular weight is 251 g/mol. The second-order valence-corrected chi connectivity index (χ2v) is 4.35. The van der Waals surface area contributed by atoms with Crippen molar-refractivity contribution in [3.05, 3.63) is 12.4 Å². The zero-order valence-electron chi connectivity index (χ0n) is 11.0. The van der Waals surface area contributed by atoms with Crippen molar-refractivity contribution < 1.29 is 4.74 Å². The van der Waals surface area contributed by atoms with Crippen LogP contribution in [0.5, 0.6) is 0 Å². The molecule has 2 rings (SSSR count). The third-order valence-corrected chi connectivity index (χ3v) is 3.03. The zero-order valence-corrected chi connectivity index (χ0v) is 11.0. The lowest BCUT2D eigenvalue weighted by molar-refractivity contribution is 0.0372. The molecule has 2 N–H and O–H groups in total. The van der Waals surface area contributed by atoms with Crippen LogP contribution in [0.3, 0.4) is 0 Å². The van der Waals surface area contributed by atoms with Gasteiger partial charge in [-0.25, -0.2) is 9.97 Å². The van der Waals surface area contributed by atoms with Gasteiger partial charge in [0.25, 0.3) is 0 Å². The van der Waals surface area contributed by atoms with Gasteiger partial charge in [-0.05, 0) is 6.92 Å². The van der Waals surface area contributed by atoms with Crippen LogP contribution in [0.1, 0.15) is 6.92 Å². The molecular weight excluding hydrogens is 230 g/mol. The molecule has 2 heterocycles. The molecule has 0 aromatic carbocycles. The minimum absolute atomic E-state index is 0.209. The zero-order chi connectivity index (χ0) is 12.8. The van der Waals surface area contributed by atoms with Gasteiger partial charge in [-0.3, -0.25) is 0 Å². The molecule has 100 valence electrons. The van der Waals surface area contributed by atoms with Crippen molar-refractivity contribution in [3.63, 3.8) is 0 Å². The second-order valence-electron chi connectivity index (χ2n) is 4.35. The molecule has 18 heavy (non-hydrogen) atoms. The number of nitrogens with one attached hydrogen (secondary N) is 2. The molecule has 6 nitrogen and oxygen atoms in total. The number of hydrogen-bond donors (Lipinski definition) is 2. The molecule has 1 atom stereocenters. The van der Waals surface area contributed by atoms with Crippen molar-refractivity contribution in [1.82, 2.24) is 15.3 Å². The van der Waals surface area contributed by atoms with Gasteiger partial charge in [0.15, 0.2) is 0 Å². The normalized spacial score (nSPS) is 19.6. The van der Waals surface area contributed by atoms with Crippen LogP contribution in [0.2, 0.25) is 0 Å². The third kappa shape index (κ3) is 3.54. The van der Waals surface area contributed by atoms with Gasteiger partial charge in [0, 0.05) is 39.3 Å². The van der Waals surface area contributed by atoms with E-state index < -0.39 is 0 Å². The largest absolute Gasteiger partial charge is 0.374 e. The fourth-order valence-corrected chi connectivity index (χ4v) is 1.78. The van der Waals surface area contributed by atoms with Crippen molar-refractivity contribution in [3.8, 4) is 0 Å². The average Bonchev–Trinajstić information content (AvgIpc) is 2.45. The van der Waals surface area contributed by atoms with Gasteiger partial charge < -0.3 is 20.3 Å². The standard InChI is InChI=1S/C12H21N5O/c1-3-17(2)12-6-11(15-9-16-12)14-8-10-7-13-4-5-18-10/h6,9-10,13H,3-5,7-8H2,1-2H3,(H,14,15,16). The Labute approximate surface area is 108 Å². The maximum atomic E-state index is 5.62. The Hall–Kier alpha value is -1.40. The van der Waals surface area contributed by atoms with Crippen LogP contribution in [-0.4, -0.2) is 55.9 Å². The molecule has 1 unspecified atom stereocenters. The van der Waals surface area contributed by atoms with E-state index in [1.165, 1.54) is 0 Å². The Bertz CT molecular complexity index is 367. The second kappa shape index (κ2) is 6.51. The molecule has 0 aliphatic carbocycles. The molecule has 0 saturated carbocycles. The van der Waals surface area contributed by atoms with Crippen molar-refractivity contribution in [2.75, 3.05) is 50.1 Å². The first-order valence-corrected chi connectivity index (χ1v) is 6.39. The highest BCUT2D eigenvalue weighted by Crippen LogP contribution is 2.12. The van der Waals surface area contributed by atoms with Crippen LogP contribution in [0.25, 0.3) is 0 Å². The Morgan fingerprint density at radius 1 is 1.56 bits per heavy atom. The summed E-state index contributed by atoms with van der Waals surface area (Å²) in [5.41, 5.74) is 0. The maximum absolute atomic E-state index is 5.62. The smallest absolute Gasteiger partial charge is 0.133 e. The Kier molecular flexibility index (Phi) is 4.72. The summed E-state index contributed by atoms with van der Waals surface area (Å²) in [5.74, 6) is 1.77. The molecule has 6 heteroatoms. The summed E-state index contributed by atoms with van der Waals surface area (Å²) in [6.45, 7) is 6.39. The summed E-state index contributed by atoms with van der Waals surface area (Å²) >= 11 is 0. The molecule has 1 aliphatic rings. The van der Waals surface area contributed by atoms with E-state index >= 15 is 0 Å². The van der Waals surface area contributed by atoms with Gasteiger partial charge in [0.05, 0.1) is 12.7 Å². The molecule has 0 radical (unpaired) electrons. The van der Waals surface area contributed by atoms with Gasteiger partial charge in [0.2, 0.25) is 0 Å². The lowest BCUT2D eigenvalue weighted by atomic mass is 10.3. The van der Waals surface area contributed by atoms with E-state index in [1.54, 1.807) is 6.33 Å². The fourth-order valence-electron chi connectivity index (χ4n) is 1.78. The summed E-state index contributed by atoms with van der Waals surface area (Å²) < 4.78 is 5.62. The number of hydrogen-bond acceptors (Lipinski definition) is 6. The van der Waals surface area contributed by atoms with E-state index in [9.17, 15) is 0 Å². The van der Waals surface area contributed by atoms with Crippen LogP contribution in [-0.2, 0) is 4.74 Å². The molecule has 1 fully saturated rings.